The summed E-state index contributed by atoms with van der Waals surface area (Å²) in [6.07, 6.45) is 1.11. The number of aromatic nitrogens is 2. The Kier molecular flexibility index (Phi) is 4.41. The molecule has 0 aromatic carbocycles. The van der Waals surface area contributed by atoms with Crippen molar-refractivity contribution in [1.29, 1.82) is 0 Å². The largest absolute Gasteiger partial charge is 0.410 e. The third-order valence-electron chi connectivity index (χ3n) is 1.97. The summed E-state index contributed by atoms with van der Waals surface area (Å²) in [6.45, 7) is 6.32. The number of hydrogen-bond donors (Lipinski definition) is 1. The average molecular weight is 216 g/mol. The van der Waals surface area contributed by atoms with E-state index in [0.717, 1.165) is 12.2 Å². The summed E-state index contributed by atoms with van der Waals surface area (Å²) in [4.78, 5) is 0. The second-order valence-corrected chi connectivity index (χ2v) is 4.65. The zero-order chi connectivity index (χ0) is 10.6. The molecule has 0 aliphatic heterocycles. The molecule has 0 saturated carbocycles. The molecular formula is C9H18N3OS+. The predicted octanol–water partition coefficient (Wildman–Crippen LogP) is 1.51. The molecule has 0 radical (unpaired) electrons. The molecular weight excluding hydrogens is 198 g/mol. The Morgan fingerprint density at radius 3 is 2.71 bits per heavy atom. The van der Waals surface area contributed by atoms with Gasteiger partial charge in [0.1, 0.15) is 0 Å². The lowest BCUT2D eigenvalue weighted by Gasteiger charge is -2.05. The molecule has 3 N–H and O–H groups in total. The number of rotatable bonds is 5. The topological polar surface area (TPSA) is 66.6 Å². The maximum absolute atomic E-state index is 5.49. The first-order chi connectivity index (χ1) is 6.65. The van der Waals surface area contributed by atoms with Crippen molar-refractivity contribution in [2.24, 2.45) is 5.92 Å². The van der Waals surface area contributed by atoms with Crippen LogP contribution in [0.3, 0.4) is 0 Å². The molecule has 0 aliphatic carbocycles. The van der Waals surface area contributed by atoms with Gasteiger partial charge in [0.2, 0.25) is 0 Å². The van der Waals surface area contributed by atoms with Crippen LogP contribution in [0.1, 0.15) is 39.1 Å². The Balaban J connectivity index is 2.58. The van der Waals surface area contributed by atoms with Crippen molar-refractivity contribution in [3.63, 3.8) is 0 Å². The van der Waals surface area contributed by atoms with Crippen molar-refractivity contribution in [3.8, 4) is 0 Å². The monoisotopic (exact) mass is 216 g/mol. The van der Waals surface area contributed by atoms with Crippen LogP contribution in [0.15, 0.2) is 9.64 Å². The minimum atomic E-state index is 0.0958. The van der Waals surface area contributed by atoms with E-state index >= 15 is 0 Å². The van der Waals surface area contributed by atoms with Gasteiger partial charge in [0.05, 0.1) is 0 Å². The highest BCUT2D eigenvalue weighted by Gasteiger charge is 2.21. The van der Waals surface area contributed by atoms with Gasteiger partial charge in [-0.05, 0) is 6.42 Å². The molecule has 1 aromatic heterocycles. The second kappa shape index (κ2) is 5.36. The summed E-state index contributed by atoms with van der Waals surface area (Å²) in [6, 6.07) is 0.0958. The van der Waals surface area contributed by atoms with E-state index in [1.54, 1.807) is 11.8 Å². The Bertz CT molecular complexity index is 275. The van der Waals surface area contributed by atoms with E-state index in [2.05, 4.69) is 36.7 Å². The minimum Gasteiger partial charge on any atom is -0.410 e. The van der Waals surface area contributed by atoms with Gasteiger partial charge in [-0.3, -0.25) is 0 Å². The summed E-state index contributed by atoms with van der Waals surface area (Å²) in [7, 11) is 0. The van der Waals surface area contributed by atoms with Crippen LogP contribution in [0, 0.1) is 5.92 Å². The molecule has 0 unspecified atom stereocenters. The van der Waals surface area contributed by atoms with Gasteiger partial charge in [0, 0.05) is 11.7 Å². The van der Waals surface area contributed by atoms with Crippen LogP contribution in [-0.2, 0) is 0 Å². The Morgan fingerprint density at radius 1 is 1.43 bits per heavy atom. The zero-order valence-corrected chi connectivity index (χ0v) is 9.80. The van der Waals surface area contributed by atoms with Crippen LogP contribution >= 0.6 is 11.8 Å². The first kappa shape index (κ1) is 11.5. The highest BCUT2D eigenvalue weighted by Crippen LogP contribution is 2.21. The van der Waals surface area contributed by atoms with Crippen LogP contribution < -0.4 is 5.73 Å². The van der Waals surface area contributed by atoms with Crippen molar-refractivity contribution >= 4 is 11.8 Å². The quantitative estimate of drug-likeness (QED) is 0.758. The third kappa shape index (κ3) is 2.99. The normalized spacial score (nSPS) is 13.5. The number of nitrogens with zero attached hydrogens (tertiary/aromatic N) is 2. The first-order valence-electron chi connectivity index (χ1n) is 4.94. The summed E-state index contributed by atoms with van der Waals surface area (Å²) < 4.78 is 5.49. The maximum Gasteiger partial charge on any atom is 0.276 e. The van der Waals surface area contributed by atoms with Gasteiger partial charge in [0.15, 0.2) is 6.04 Å². The van der Waals surface area contributed by atoms with E-state index in [9.17, 15) is 0 Å². The molecule has 4 nitrogen and oxygen atoms in total. The van der Waals surface area contributed by atoms with Crippen molar-refractivity contribution in [2.45, 2.75) is 38.5 Å². The molecule has 1 atom stereocenters. The SMILES string of the molecule is CCCSc1nnc([C@@H]([NH3+])C(C)C)o1. The van der Waals surface area contributed by atoms with Crippen LogP contribution in [0.2, 0.25) is 0 Å². The fourth-order valence-electron chi connectivity index (χ4n) is 0.903. The zero-order valence-electron chi connectivity index (χ0n) is 8.99. The minimum absolute atomic E-state index is 0.0958. The number of thioether (sulfide) groups is 1. The van der Waals surface area contributed by atoms with E-state index in [1.165, 1.54) is 0 Å². The van der Waals surface area contributed by atoms with E-state index in [4.69, 9.17) is 4.42 Å². The summed E-state index contributed by atoms with van der Waals surface area (Å²) in [5.74, 6) is 2.10. The number of quaternary nitrogens is 1. The van der Waals surface area contributed by atoms with Crippen molar-refractivity contribution < 1.29 is 10.2 Å². The van der Waals surface area contributed by atoms with Gasteiger partial charge in [-0.25, -0.2) is 0 Å². The summed E-state index contributed by atoms with van der Waals surface area (Å²) in [5, 5.41) is 8.62. The Morgan fingerprint density at radius 2 is 2.14 bits per heavy atom. The van der Waals surface area contributed by atoms with Crippen LogP contribution in [0.5, 0.6) is 0 Å². The molecule has 1 aromatic rings. The summed E-state index contributed by atoms with van der Waals surface area (Å²) >= 11 is 1.60. The van der Waals surface area contributed by atoms with E-state index in [0.29, 0.717) is 17.0 Å². The van der Waals surface area contributed by atoms with Crippen LogP contribution in [-0.4, -0.2) is 16.0 Å². The molecule has 0 saturated heterocycles. The molecule has 0 amide bonds. The molecule has 80 valence electrons. The molecule has 0 aliphatic rings. The lowest BCUT2D eigenvalue weighted by Crippen LogP contribution is -2.56. The van der Waals surface area contributed by atoms with E-state index < -0.39 is 0 Å². The molecule has 0 spiro atoms. The fraction of sp³-hybridized carbons (Fsp3) is 0.778. The van der Waals surface area contributed by atoms with Gasteiger partial charge in [-0.15, -0.1) is 10.2 Å². The smallest absolute Gasteiger partial charge is 0.276 e. The molecule has 1 heterocycles. The van der Waals surface area contributed by atoms with Gasteiger partial charge >= 0.3 is 0 Å². The lowest BCUT2D eigenvalue weighted by molar-refractivity contribution is -0.443. The maximum atomic E-state index is 5.49. The highest BCUT2D eigenvalue weighted by atomic mass is 32.2. The van der Waals surface area contributed by atoms with E-state index in [-0.39, 0.29) is 6.04 Å². The average Bonchev–Trinajstić information content (AvgIpc) is 2.61. The molecule has 5 heteroatoms. The Labute approximate surface area is 88.7 Å². The molecule has 14 heavy (non-hydrogen) atoms. The van der Waals surface area contributed by atoms with Crippen molar-refractivity contribution in [3.05, 3.63) is 5.89 Å². The van der Waals surface area contributed by atoms with Crippen LogP contribution in [0.4, 0.5) is 0 Å². The third-order valence-corrected chi connectivity index (χ3v) is 3.00. The Hall–Kier alpha value is -0.550. The van der Waals surface area contributed by atoms with Crippen molar-refractivity contribution in [1.82, 2.24) is 10.2 Å². The molecule has 0 fully saturated rings. The highest BCUT2D eigenvalue weighted by molar-refractivity contribution is 7.99. The molecule has 1 rings (SSSR count). The molecule has 0 bridgehead atoms. The summed E-state index contributed by atoms with van der Waals surface area (Å²) in [5.41, 5.74) is 4.00. The van der Waals surface area contributed by atoms with Gasteiger partial charge in [-0.1, -0.05) is 32.5 Å². The van der Waals surface area contributed by atoms with Crippen LogP contribution in [0.25, 0.3) is 0 Å². The standard InChI is InChI=1S/C9H17N3OS/c1-4-5-14-9-12-11-8(13-9)7(10)6(2)3/h6-7H,4-5,10H2,1-3H3/p+1/t7-/m0/s1. The van der Waals surface area contributed by atoms with Gasteiger partial charge < -0.3 is 10.2 Å². The first-order valence-corrected chi connectivity index (χ1v) is 5.93. The van der Waals surface area contributed by atoms with Gasteiger partial charge in [0.25, 0.3) is 11.1 Å². The predicted molar refractivity (Wildman–Crippen MR) is 55.8 cm³/mol. The van der Waals surface area contributed by atoms with E-state index in [1.807, 2.05) is 0 Å². The second-order valence-electron chi connectivity index (χ2n) is 3.61. The lowest BCUT2D eigenvalue weighted by atomic mass is 10.1. The fourth-order valence-corrected chi connectivity index (χ4v) is 1.52. The van der Waals surface area contributed by atoms with Crippen molar-refractivity contribution in [2.75, 3.05) is 5.75 Å². The number of hydrogen-bond acceptors (Lipinski definition) is 4. The van der Waals surface area contributed by atoms with Gasteiger partial charge in [-0.2, -0.15) is 0 Å².